The highest BCUT2D eigenvalue weighted by molar-refractivity contribution is 6.01. The standard InChI is InChI=1S/C22H19NO5/c1-14(22(25)23-16-7-9-20-21(12-16)27-11-10-26-20)28-19-8-6-15-4-2-3-5-17(15)18(19)13-24/h2-9,12-14H,10-11H2,1H3,(H,23,25)/t14-/m1/s1. The van der Waals surface area contributed by atoms with Crippen molar-refractivity contribution in [2.75, 3.05) is 18.5 Å². The number of anilines is 1. The number of hydrogen-bond donors (Lipinski definition) is 1. The first-order valence-corrected chi connectivity index (χ1v) is 9.00. The Morgan fingerprint density at radius 1 is 1.07 bits per heavy atom. The Balaban J connectivity index is 1.50. The molecule has 0 aliphatic carbocycles. The number of carbonyl (C=O) groups excluding carboxylic acids is 2. The van der Waals surface area contributed by atoms with E-state index in [1.165, 1.54) is 0 Å². The largest absolute Gasteiger partial charge is 0.486 e. The molecule has 0 spiro atoms. The first-order valence-electron chi connectivity index (χ1n) is 9.00. The molecule has 0 radical (unpaired) electrons. The van der Waals surface area contributed by atoms with Gasteiger partial charge in [0.2, 0.25) is 0 Å². The second kappa shape index (κ2) is 7.60. The predicted octanol–water partition coefficient (Wildman–Crippen LogP) is 3.83. The molecule has 0 fully saturated rings. The van der Waals surface area contributed by atoms with Crippen LogP contribution in [0.3, 0.4) is 0 Å². The highest BCUT2D eigenvalue weighted by atomic mass is 16.6. The Bertz CT molecular complexity index is 1050. The zero-order valence-corrected chi connectivity index (χ0v) is 15.3. The summed E-state index contributed by atoms with van der Waals surface area (Å²) in [7, 11) is 0. The molecule has 28 heavy (non-hydrogen) atoms. The first kappa shape index (κ1) is 17.9. The number of ether oxygens (including phenoxy) is 3. The molecule has 1 heterocycles. The molecule has 1 amide bonds. The average molecular weight is 377 g/mol. The van der Waals surface area contributed by atoms with Crippen LogP contribution in [0.15, 0.2) is 54.6 Å². The topological polar surface area (TPSA) is 73.9 Å². The Kier molecular flexibility index (Phi) is 4.85. The lowest BCUT2D eigenvalue weighted by atomic mass is 10.0. The van der Waals surface area contributed by atoms with Gasteiger partial charge in [-0.2, -0.15) is 0 Å². The van der Waals surface area contributed by atoms with Crippen LogP contribution in [0.2, 0.25) is 0 Å². The molecule has 4 rings (SSSR count). The van der Waals surface area contributed by atoms with Crippen LogP contribution in [-0.2, 0) is 4.79 Å². The van der Waals surface area contributed by atoms with Gasteiger partial charge in [0, 0.05) is 11.8 Å². The maximum absolute atomic E-state index is 12.6. The molecule has 0 unspecified atom stereocenters. The van der Waals surface area contributed by atoms with Crippen LogP contribution in [0.25, 0.3) is 10.8 Å². The fourth-order valence-electron chi connectivity index (χ4n) is 3.11. The number of fused-ring (bicyclic) bond motifs is 2. The highest BCUT2D eigenvalue weighted by Crippen LogP contribution is 2.33. The number of benzene rings is 3. The summed E-state index contributed by atoms with van der Waals surface area (Å²) in [6, 6.07) is 16.3. The van der Waals surface area contributed by atoms with Gasteiger partial charge < -0.3 is 19.5 Å². The van der Waals surface area contributed by atoms with Crippen molar-refractivity contribution in [3.63, 3.8) is 0 Å². The monoisotopic (exact) mass is 377 g/mol. The van der Waals surface area contributed by atoms with Gasteiger partial charge in [-0.1, -0.05) is 30.3 Å². The molecule has 6 heteroatoms. The zero-order valence-electron chi connectivity index (χ0n) is 15.3. The highest BCUT2D eigenvalue weighted by Gasteiger charge is 2.19. The van der Waals surface area contributed by atoms with Gasteiger partial charge in [-0.05, 0) is 35.9 Å². The van der Waals surface area contributed by atoms with Gasteiger partial charge in [0.05, 0.1) is 5.56 Å². The summed E-state index contributed by atoms with van der Waals surface area (Å²) in [5.74, 6) is 1.29. The molecule has 1 aliphatic heterocycles. The van der Waals surface area contributed by atoms with Gasteiger partial charge in [-0.3, -0.25) is 9.59 Å². The molecular weight excluding hydrogens is 358 g/mol. The molecule has 3 aromatic rings. The maximum Gasteiger partial charge on any atom is 0.265 e. The van der Waals surface area contributed by atoms with Crippen LogP contribution >= 0.6 is 0 Å². The second-order valence-corrected chi connectivity index (χ2v) is 6.42. The summed E-state index contributed by atoms with van der Waals surface area (Å²) >= 11 is 0. The molecule has 142 valence electrons. The van der Waals surface area contributed by atoms with Gasteiger partial charge in [-0.25, -0.2) is 0 Å². The fraction of sp³-hybridized carbons (Fsp3) is 0.182. The van der Waals surface area contributed by atoms with E-state index in [9.17, 15) is 9.59 Å². The van der Waals surface area contributed by atoms with E-state index < -0.39 is 6.10 Å². The van der Waals surface area contributed by atoms with E-state index in [1.54, 1.807) is 31.2 Å². The Morgan fingerprint density at radius 2 is 1.86 bits per heavy atom. The number of rotatable bonds is 5. The summed E-state index contributed by atoms with van der Waals surface area (Å²) in [6.45, 7) is 2.62. The van der Waals surface area contributed by atoms with Crippen molar-refractivity contribution < 1.29 is 23.8 Å². The molecule has 6 nitrogen and oxygen atoms in total. The summed E-state index contributed by atoms with van der Waals surface area (Å²) < 4.78 is 16.8. The lowest BCUT2D eigenvalue weighted by Crippen LogP contribution is -2.30. The number of hydrogen-bond acceptors (Lipinski definition) is 5. The Morgan fingerprint density at radius 3 is 2.68 bits per heavy atom. The van der Waals surface area contributed by atoms with E-state index in [-0.39, 0.29) is 5.91 Å². The fourth-order valence-corrected chi connectivity index (χ4v) is 3.11. The third-order valence-corrected chi connectivity index (χ3v) is 4.53. The van der Waals surface area contributed by atoms with Gasteiger partial charge in [0.25, 0.3) is 5.91 Å². The Labute approximate surface area is 162 Å². The molecule has 0 aromatic heterocycles. The van der Waals surface area contributed by atoms with Crippen molar-refractivity contribution in [3.8, 4) is 17.2 Å². The number of nitrogens with one attached hydrogen (secondary N) is 1. The van der Waals surface area contributed by atoms with Crippen LogP contribution in [0.5, 0.6) is 17.2 Å². The molecular formula is C22H19NO5. The van der Waals surface area contributed by atoms with Gasteiger partial charge in [0.15, 0.2) is 23.9 Å². The van der Waals surface area contributed by atoms with Crippen LogP contribution in [-0.4, -0.2) is 31.5 Å². The SMILES string of the molecule is C[C@@H](Oc1ccc2ccccc2c1C=O)C(=O)Nc1ccc2c(c1)OCCO2. The molecule has 0 saturated carbocycles. The lowest BCUT2D eigenvalue weighted by molar-refractivity contribution is -0.122. The minimum absolute atomic E-state index is 0.332. The number of aldehydes is 1. The zero-order chi connectivity index (χ0) is 19.5. The maximum atomic E-state index is 12.6. The third kappa shape index (κ3) is 3.49. The van der Waals surface area contributed by atoms with E-state index >= 15 is 0 Å². The quantitative estimate of drug-likeness (QED) is 0.684. The third-order valence-electron chi connectivity index (χ3n) is 4.53. The van der Waals surface area contributed by atoms with E-state index in [1.807, 2.05) is 30.3 Å². The van der Waals surface area contributed by atoms with Gasteiger partial charge >= 0.3 is 0 Å². The van der Waals surface area contributed by atoms with Crippen LogP contribution in [0.1, 0.15) is 17.3 Å². The van der Waals surface area contributed by atoms with Crippen LogP contribution < -0.4 is 19.5 Å². The summed E-state index contributed by atoms with van der Waals surface area (Å²) in [4.78, 5) is 24.2. The second-order valence-electron chi connectivity index (χ2n) is 6.42. The lowest BCUT2D eigenvalue weighted by Gasteiger charge is -2.20. The van der Waals surface area contributed by atoms with Crippen molar-refractivity contribution >= 4 is 28.7 Å². The number of amides is 1. The van der Waals surface area contributed by atoms with Gasteiger partial charge in [0.1, 0.15) is 19.0 Å². The molecule has 1 N–H and O–H groups in total. The van der Waals surface area contributed by atoms with Crippen molar-refractivity contribution in [2.45, 2.75) is 13.0 Å². The average Bonchev–Trinajstić information content (AvgIpc) is 2.73. The van der Waals surface area contributed by atoms with Crippen LogP contribution in [0, 0.1) is 0 Å². The summed E-state index contributed by atoms with van der Waals surface area (Å²) in [6.07, 6.45) is -0.0450. The summed E-state index contributed by atoms with van der Waals surface area (Å²) in [5, 5.41) is 4.52. The van der Waals surface area contributed by atoms with Crippen molar-refractivity contribution in [2.24, 2.45) is 0 Å². The normalized spacial score (nSPS) is 13.6. The molecule has 1 aliphatic rings. The first-order chi connectivity index (χ1) is 13.7. The van der Waals surface area contributed by atoms with E-state index in [4.69, 9.17) is 14.2 Å². The van der Waals surface area contributed by atoms with Gasteiger partial charge in [-0.15, -0.1) is 0 Å². The van der Waals surface area contributed by atoms with E-state index in [0.29, 0.717) is 41.7 Å². The molecule has 1 atom stereocenters. The Hall–Kier alpha value is -3.54. The van der Waals surface area contributed by atoms with Crippen molar-refractivity contribution in [1.82, 2.24) is 0 Å². The molecule has 0 saturated heterocycles. The minimum atomic E-state index is -0.798. The molecule has 0 bridgehead atoms. The smallest absolute Gasteiger partial charge is 0.265 e. The predicted molar refractivity (Wildman–Crippen MR) is 105 cm³/mol. The van der Waals surface area contributed by atoms with Crippen molar-refractivity contribution in [3.05, 3.63) is 60.2 Å². The number of carbonyl (C=O) groups is 2. The van der Waals surface area contributed by atoms with Crippen molar-refractivity contribution in [1.29, 1.82) is 0 Å². The summed E-state index contributed by atoms with van der Waals surface area (Å²) in [5.41, 5.74) is 1.01. The van der Waals surface area contributed by atoms with Crippen LogP contribution in [0.4, 0.5) is 5.69 Å². The minimum Gasteiger partial charge on any atom is -0.486 e. The van der Waals surface area contributed by atoms with E-state index in [2.05, 4.69) is 5.32 Å². The van der Waals surface area contributed by atoms with E-state index in [0.717, 1.165) is 17.1 Å². The molecule has 3 aromatic carbocycles.